The van der Waals surface area contributed by atoms with Gasteiger partial charge in [-0.3, -0.25) is 4.79 Å². The number of benzene rings is 3. The quantitative estimate of drug-likeness (QED) is 0.597. The molecule has 0 unspecified atom stereocenters. The van der Waals surface area contributed by atoms with Crippen LogP contribution in [0.15, 0.2) is 72.5 Å². The van der Waals surface area contributed by atoms with Crippen molar-refractivity contribution in [3.63, 3.8) is 0 Å². The number of carbonyl (C=O) groups excluding carboxylic acids is 1. The lowest BCUT2D eigenvalue weighted by Gasteiger charge is -2.28. The number of nitrogens with zero attached hydrogens (tertiary/aromatic N) is 1. The minimum atomic E-state index is -0.387. The third kappa shape index (κ3) is 3.50. The fourth-order valence-electron chi connectivity index (χ4n) is 4.36. The average molecular weight is 428 g/mol. The van der Waals surface area contributed by atoms with Crippen molar-refractivity contribution in [3.8, 4) is 11.5 Å². The summed E-state index contributed by atoms with van der Waals surface area (Å²) in [6, 6.07) is 21.5. The molecule has 0 spiro atoms. The second-order valence-corrected chi connectivity index (χ2v) is 8.25. The average Bonchev–Trinajstić information content (AvgIpc) is 3.38. The lowest BCUT2D eigenvalue weighted by Crippen LogP contribution is -2.29. The first-order valence-electron chi connectivity index (χ1n) is 10.8. The molecule has 5 heteroatoms. The van der Waals surface area contributed by atoms with Crippen LogP contribution >= 0.6 is 0 Å². The smallest absolute Gasteiger partial charge is 0.290 e. The van der Waals surface area contributed by atoms with Gasteiger partial charge in [-0.1, -0.05) is 67.1 Å². The number of carbonyl (C=O) groups is 1. The Hall–Kier alpha value is -3.73. The molecule has 2 aliphatic heterocycles. The van der Waals surface area contributed by atoms with Crippen LogP contribution in [0.5, 0.6) is 11.5 Å². The molecule has 0 saturated heterocycles. The Morgan fingerprint density at radius 1 is 0.938 bits per heavy atom. The predicted octanol–water partition coefficient (Wildman–Crippen LogP) is 5.34. The molecule has 5 nitrogen and oxygen atoms in total. The maximum absolute atomic E-state index is 13.3. The minimum absolute atomic E-state index is 0.195. The van der Waals surface area contributed by atoms with E-state index in [1.54, 1.807) is 4.90 Å². The molecule has 0 bridgehead atoms. The van der Waals surface area contributed by atoms with Crippen molar-refractivity contribution in [2.45, 2.75) is 32.9 Å². The number of aryl methyl sites for hydroxylation is 2. The van der Waals surface area contributed by atoms with Gasteiger partial charge in [-0.05, 0) is 47.7 Å². The van der Waals surface area contributed by atoms with Crippen molar-refractivity contribution in [1.82, 2.24) is 4.90 Å². The number of rotatable bonds is 5. The van der Waals surface area contributed by atoms with Crippen LogP contribution in [0.25, 0.3) is 5.57 Å². The Balaban J connectivity index is 1.57. The molecule has 2 heterocycles. The van der Waals surface area contributed by atoms with E-state index in [1.165, 1.54) is 5.56 Å². The summed E-state index contributed by atoms with van der Waals surface area (Å²) in [7, 11) is 0. The van der Waals surface area contributed by atoms with Crippen molar-refractivity contribution in [2.75, 3.05) is 6.79 Å². The van der Waals surface area contributed by atoms with Crippen LogP contribution < -0.4 is 9.47 Å². The van der Waals surface area contributed by atoms with E-state index in [-0.39, 0.29) is 24.5 Å². The van der Waals surface area contributed by atoms with Crippen LogP contribution in [0, 0.1) is 6.92 Å². The number of fused-ring (bicyclic) bond motifs is 1. The van der Waals surface area contributed by atoms with Crippen LogP contribution in [-0.4, -0.2) is 22.7 Å². The Labute approximate surface area is 187 Å². The third-order valence-electron chi connectivity index (χ3n) is 6.16. The Morgan fingerprint density at radius 2 is 1.62 bits per heavy atom. The summed E-state index contributed by atoms with van der Waals surface area (Å²) in [4.78, 5) is 15.0. The van der Waals surface area contributed by atoms with Crippen LogP contribution in [-0.2, 0) is 17.8 Å². The third-order valence-corrected chi connectivity index (χ3v) is 6.16. The monoisotopic (exact) mass is 427 g/mol. The molecule has 3 aromatic carbocycles. The van der Waals surface area contributed by atoms with Gasteiger partial charge in [-0.2, -0.15) is 0 Å². The summed E-state index contributed by atoms with van der Waals surface area (Å²) in [6.45, 7) is 4.68. The zero-order valence-electron chi connectivity index (χ0n) is 18.2. The highest BCUT2D eigenvalue weighted by molar-refractivity contribution is 6.05. The molecule has 5 rings (SSSR count). The predicted molar refractivity (Wildman–Crippen MR) is 122 cm³/mol. The minimum Gasteiger partial charge on any atom is -0.503 e. The van der Waals surface area contributed by atoms with E-state index in [0.29, 0.717) is 23.6 Å². The summed E-state index contributed by atoms with van der Waals surface area (Å²) in [5, 5.41) is 11.0. The molecule has 2 aliphatic rings. The van der Waals surface area contributed by atoms with Gasteiger partial charge in [0.05, 0.1) is 6.04 Å². The van der Waals surface area contributed by atoms with Gasteiger partial charge >= 0.3 is 0 Å². The summed E-state index contributed by atoms with van der Waals surface area (Å²) in [6.07, 6.45) is 0.941. The molecule has 0 fully saturated rings. The lowest BCUT2D eigenvalue weighted by atomic mass is 9.92. The lowest BCUT2D eigenvalue weighted by molar-refractivity contribution is -0.130. The van der Waals surface area contributed by atoms with Crippen LogP contribution in [0.1, 0.15) is 40.8 Å². The Morgan fingerprint density at radius 3 is 2.34 bits per heavy atom. The molecule has 1 amide bonds. The molecular weight excluding hydrogens is 402 g/mol. The maximum Gasteiger partial charge on any atom is 0.290 e. The molecule has 0 aliphatic carbocycles. The van der Waals surface area contributed by atoms with Crippen molar-refractivity contribution in [2.24, 2.45) is 0 Å². The highest BCUT2D eigenvalue weighted by Gasteiger charge is 2.41. The van der Waals surface area contributed by atoms with Gasteiger partial charge in [-0.25, -0.2) is 0 Å². The Kier molecular flexibility index (Phi) is 5.10. The topological polar surface area (TPSA) is 59.0 Å². The van der Waals surface area contributed by atoms with Gasteiger partial charge in [0.25, 0.3) is 5.91 Å². The number of aliphatic hydroxyl groups is 1. The van der Waals surface area contributed by atoms with Crippen molar-refractivity contribution in [3.05, 3.63) is 100 Å². The molecule has 162 valence electrons. The van der Waals surface area contributed by atoms with E-state index in [2.05, 4.69) is 31.2 Å². The summed E-state index contributed by atoms with van der Waals surface area (Å²) in [5.41, 5.74) is 5.72. The Bertz CT molecular complexity index is 1200. The van der Waals surface area contributed by atoms with E-state index in [1.807, 2.05) is 49.4 Å². The van der Waals surface area contributed by atoms with Gasteiger partial charge in [0.1, 0.15) is 0 Å². The van der Waals surface area contributed by atoms with E-state index < -0.39 is 0 Å². The molecule has 1 atom stereocenters. The van der Waals surface area contributed by atoms with Crippen molar-refractivity contribution >= 4 is 11.5 Å². The largest absolute Gasteiger partial charge is 0.503 e. The first kappa shape index (κ1) is 20.2. The molecular formula is C27H25NO4. The molecule has 0 aromatic heterocycles. The van der Waals surface area contributed by atoms with Crippen LogP contribution in [0.3, 0.4) is 0 Å². The van der Waals surface area contributed by atoms with E-state index in [4.69, 9.17) is 9.47 Å². The number of amides is 1. The molecule has 3 aromatic rings. The number of aliphatic hydroxyl groups excluding tert-OH is 1. The van der Waals surface area contributed by atoms with Crippen LogP contribution in [0.4, 0.5) is 0 Å². The van der Waals surface area contributed by atoms with Gasteiger partial charge in [0.15, 0.2) is 17.3 Å². The van der Waals surface area contributed by atoms with Gasteiger partial charge in [0.2, 0.25) is 6.79 Å². The van der Waals surface area contributed by atoms with E-state index in [9.17, 15) is 9.90 Å². The highest BCUT2D eigenvalue weighted by atomic mass is 16.7. The number of hydrogen-bond donors (Lipinski definition) is 1. The molecule has 32 heavy (non-hydrogen) atoms. The van der Waals surface area contributed by atoms with Gasteiger partial charge in [0, 0.05) is 12.1 Å². The van der Waals surface area contributed by atoms with Gasteiger partial charge < -0.3 is 19.5 Å². The highest BCUT2D eigenvalue weighted by Crippen LogP contribution is 2.44. The first-order chi connectivity index (χ1) is 15.5. The second kappa shape index (κ2) is 8.08. The fourth-order valence-corrected chi connectivity index (χ4v) is 4.36. The second-order valence-electron chi connectivity index (χ2n) is 8.25. The SMILES string of the molecule is CCc1ccc([C@H]2C(c3ccc(C)cc3)=C(O)C(=O)N2Cc2ccc3c(c2)OCO3)cc1. The molecule has 0 saturated carbocycles. The zero-order valence-corrected chi connectivity index (χ0v) is 18.2. The number of hydrogen-bond acceptors (Lipinski definition) is 4. The van der Waals surface area contributed by atoms with Crippen molar-refractivity contribution < 1.29 is 19.4 Å². The standard InChI is InChI=1S/C27H25NO4/c1-3-18-6-11-21(12-7-18)25-24(20-9-4-17(2)5-10-20)26(29)27(30)28(25)15-19-8-13-22-23(14-19)32-16-31-22/h4-14,25,29H,3,15-16H2,1-2H3/t25-/m0/s1. The summed E-state index contributed by atoms with van der Waals surface area (Å²) in [5.74, 6) is 0.811. The number of ether oxygens (including phenoxy) is 2. The normalized spacial score (nSPS) is 17.4. The first-order valence-corrected chi connectivity index (χ1v) is 10.8. The zero-order chi connectivity index (χ0) is 22.2. The summed E-state index contributed by atoms with van der Waals surface area (Å²) < 4.78 is 10.9. The fraction of sp³-hybridized carbons (Fsp3) is 0.222. The molecule has 1 N–H and O–H groups in total. The van der Waals surface area contributed by atoms with E-state index in [0.717, 1.165) is 28.7 Å². The molecule has 0 radical (unpaired) electrons. The summed E-state index contributed by atoms with van der Waals surface area (Å²) >= 11 is 0. The van der Waals surface area contributed by atoms with Crippen molar-refractivity contribution in [1.29, 1.82) is 0 Å². The van der Waals surface area contributed by atoms with E-state index >= 15 is 0 Å². The van der Waals surface area contributed by atoms with Crippen LogP contribution in [0.2, 0.25) is 0 Å². The van der Waals surface area contributed by atoms with Gasteiger partial charge in [-0.15, -0.1) is 0 Å². The maximum atomic E-state index is 13.3.